The van der Waals surface area contributed by atoms with Crippen molar-refractivity contribution in [1.29, 1.82) is 0 Å². The molecule has 0 saturated carbocycles. The topological polar surface area (TPSA) is 105 Å². The molecule has 96 valence electrons. The Morgan fingerprint density at radius 2 is 2.18 bits per heavy atom. The summed E-state index contributed by atoms with van der Waals surface area (Å²) in [7, 11) is 1.57. The third-order valence-corrected chi connectivity index (χ3v) is 2.04. The lowest BCUT2D eigenvalue weighted by molar-refractivity contribution is 0.153. The smallest absolute Gasteiger partial charge is 0.223 e. The molecule has 0 aromatic carbocycles. The van der Waals surface area contributed by atoms with E-state index in [1.807, 2.05) is 6.92 Å². The second kappa shape index (κ2) is 6.87. The SMILES string of the molecule is CCNc1cc(NC(CO)COC)nc(N)n1. The largest absolute Gasteiger partial charge is 0.394 e. The number of aromatic nitrogens is 2. The number of methoxy groups -OCH3 is 1. The lowest BCUT2D eigenvalue weighted by Gasteiger charge is -2.16. The van der Waals surface area contributed by atoms with Crippen molar-refractivity contribution in [2.24, 2.45) is 0 Å². The Bertz CT molecular complexity index is 347. The zero-order valence-electron chi connectivity index (χ0n) is 10.1. The summed E-state index contributed by atoms with van der Waals surface area (Å²) in [5.41, 5.74) is 5.58. The van der Waals surface area contributed by atoms with Gasteiger partial charge in [-0.2, -0.15) is 9.97 Å². The molecule has 1 heterocycles. The maximum Gasteiger partial charge on any atom is 0.223 e. The second-order valence-corrected chi connectivity index (χ2v) is 3.51. The molecule has 0 saturated heterocycles. The Morgan fingerprint density at radius 3 is 2.76 bits per heavy atom. The van der Waals surface area contributed by atoms with Gasteiger partial charge in [0.2, 0.25) is 5.95 Å². The molecule has 7 heteroatoms. The van der Waals surface area contributed by atoms with Crippen molar-refractivity contribution >= 4 is 17.6 Å². The van der Waals surface area contributed by atoms with Gasteiger partial charge in [-0.05, 0) is 6.92 Å². The van der Waals surface area contributed by atoms with Crippen molar-refractivity contribution in [3.05, 3.63) is 6.07 Å². The third kappa shape index (κ3) is 4.41. The number of hydrogen-bond acceptors (Lipinski definition) is 7. The van der Waals surface area contributed by atoms with Gasteiger partial charge in [-0.3, -0.25) is 0 Å². The molecule has 0 amide bonds. The summed E-state index contributed by atoms with van der Waals surface area (Å²) in [6.07, 6.45) is 0. The molecular formula is C10H19N5O2. The van der Waals surface area contributed by atoms with Crippen molar-refractivity contribution in [1.82, 2.24) is 9.97 Å². The minimum Gasteiger partial charge on any atom is -0.394 e. The standard InChI is InChI=1S/C10H19N5O2/c1-3-12-8-4-9(15-10(11)14-8)13-7(5-16)6-17-2/h4,7,16H,3,5-6H2,1-2H3,(H4,11,12,13,14,15). The molecule has 0 radical (unpaired) electrons. The number of nitrogens with one attached hydrogen (secondary N) is 2. The van der Waals surface area contributed by atoms with E-state index in [4.69, 9.17) is 15.6 Å². The maximum absolute atomic E-state index is 9.13. The van der Waals surface area contributed by atoms with Gasteiger partial charge in [0.1, 0.15) is 11.6 Å². The number of aliphatic hydroxyl groups is 1. The van der Waals surface area contributed by atoms with Gasteiger partial charge in [0.15, 0.2) is 0 Å². The minimum atomic E-state index is -0.219. The van der Waals surface area contributed by atoms with E-state index in [-0.39, 0.29) is 18.6 Å². The fourth-order valence-corrected chi connectivity index (χ4v) is 1.36. The molecule has 0 fully saturated rings. The summed E-state index contributed by atoms with van der Waals surface area (Å²) in [6.45, 7) is 3.05. The van der Waals surface area contributed by atoms with E-state index in [0.717, 1.165) is 6.54 Å². The van der Waals surface area contributed by atoms with Gasteiger partial charge in [-0.1, -0.05) is 0 Å². The summed E-state index contributed by atoms with van der Waals surface area (Å²) in [5, 5.41) is 15.2. The van der Waals surface area contributed by atoms with Gasteiger partial charge >= 0.3 is 0 Å². The van der Waals surface area contributed by atoms with E-state index in [1.165, 1.54) is 0 Å². The Balaban J connectivity index is 2.75. The van der Waals surface area contributed by atoms with Crippen molar-refractivity contribution < 1.29 is 9.84 Å². The van der Waals surface area contributed by atoms with Crippen LogP contribution in [0.4, 0.5) is 17.6 Å². The summed E-state index contributed by atoms with van der Waals surface area (Å²) in [5.74, 6) is 1.39. The van der Waals surface area contributed by atoms with Crippen LogP contribution in [0.3, 0.4) is 0 Å². The monoisotopic (exact) mass is 241 g/mol. The van der Waals surface area contributed by atoms with Crippen LogP contribution in [-0.4, -0.2) is 48.0 Å². The fraction of sp³-hybridized carbons (Fsp3) is 0.600. The average molecular weight is 241 g/mol. The summed E-state index contributed by atoms with van der Waals surface area (Å²) < 4.78 is 4.96. The number of hydrogen-bond donors (Lipinski definition) is 4. The molecule has 17 heavy (non-hydrogen) atoms. The first-order chi connectivity index (χ1) is 8.19. The number of anilines is 3. The molecule has 5 N–H and O–H groups in total. The highest BCUT2D eigenvalue weighted by Crippen LogP contribution is 2.13. The molecule has 0 aliphatic rings. The second-order valence-electron chi connectivity index (χ2n) is 3.51. The van der Waals surface area contributed by atoms with Gasteiger partial charge in [-0.15, -0.1) is 0 Å². The van der Waals surface area contributed by atoms with Crippen molar-refractivity contribution in [2.75, 3.05) is 43.2 Å². The van der Waals surface area contributed by atoms with Gasteiger partial charge in [0.05, 0.1) is 19.3 Å². The number of aliphatic hydroxyl groups excluding tert-OH is 1. The Labute approximate surface area is 100 Å². The van der Waals surface area contributed by atoms with Crippen LogP contribution < -0.4 is 16.4 Å². The highest BCUT2D eigenvalue weighted by Gasteiger charge is 2.09. The van der Waals surface area contributed by atoms with Crippen LogP contribution in [0, 0.1) is 0 Å². The molecule has 1 atom stereocenters. The highest BCUT2D eigenvalue weighted by molar-refractivity contribution is 5.51. The fourth-order valence-electron chi connectivity index (χ4n) is 1.36. The normalized spacial score (nSPS) is 12.2. The number of nitrogens with two attached hydrogens (primary N) is 1. The molecule has 0 bridgehead atoms. The van der Waals surface area contributed by atoms with Crippen molar-refractivity contribution in [3.8, 4) is 0 Å². The van der Waals surface area contributed by atoms with E-state index >= 15 is 0 Å². The van der Waals surface area contributed by atoms with Crippen molar-refractivity contribution in [2.45, 2.75) is 13.0 Å². The number of nitrogens with zero attached hydrogens (tertiary/aromatic N) is 2. The molecule has 1 aromatic rings. The van der Waals surface area contributed by atoms with Gasteiger partial charge in [-0.25, -0.2) is 0 Å². The Morgan fingerprint density at radius 1 is 1.47 bits per heavy atom. The number of rotatable bonds is 7. The van der Waals surface area contributed by atoms with Crippen LogP contribution in [0.25, 0.3) is 0 Å². The van der Waals surface area contributed by atoms with Crippen LogP contribution in [0.2, 0.25) is 0 Å². The van der Waals surface area contributed by atoms with Gasteiger partial charge in [0, 0.05) is 19.7 Å². The zero-order valence-corrected chi connectivity index (χ0v) is 10.1. The predicted molar refractivity (Wildman–Crippen MR) is 67.0 cm³/mol. The Hall–Kier alpha value is -1.60. The van der Waals surface area contributed by atoms with Crippen LogP contribution in [-0.2, 0) is 4.74 Å². The average Bonchev–Trinajstić information content (AvgIpc) is 2.28. The minimum absolute atomic E-state index is 0.0473. The van der Waals surface area contributed by atoms with Crippen LogP contribution in [0.1, 0.15) is 6.92 Å². The summed E-state index contributed by atoms with van der Waals surface area (Å²) in [4.78, 5) is 8.06. The highest BCUT2D eigenvalue weighted by atomic mass is 16.5. The van der Waals surface area contributed by atoms with Crippen LogP contribution in [0.15, 0.2) is 6.07 Å². The molecule has 0 aliphatic heterocycles. The third-order valence-electron chi connectivity index (χ3n) is 2.04. The van der Waals surface area contributed by atoms with E-state index in [9.17, 15) is 0 Å². The number of nitrogen functional groups attached to an aromatic ring is 1. The molecule has 7 nitrogen and oxygen atoms in total. The number of ether oxygens (including phenoxy) is 1. The zero-order chi connectivity index (χ0) is 12.7. The first-order valence-electron chi connectivity index (χ1n) is 5.44. The summed E-state index contributed by atoms with van der Waals surface area (Å²) >= 11 is 0. The van der Waals surface area contributed by atoms with Gasteiger partial charge in [0.25, 0.3) is 0 Å². The van der Waals surface area contributed by atoms with Gasteiger partial charge < -0.3 is 26.2 Å². The molecular weight excluding hydrogens is 222 g/mol. The molecule has 1 rings (SSSR count). The molecule has 0 spiro atoms. The first-order valence-corrected chi connectivity index (χ1v) is 5.44. The lowest BCUT2D eigenvalue weighted by atomic mass is 10.3. The quantitative estimate of drug-likeness (QED) is 0.528. The van der Waals surface area contributed by atoms with Crippen molar-refractivity contribution in [3.63, 3.8) is 0 Å². The van der Waals surface area contributed by atoms with Crippen LogP contribution in [0.5, 0.6) is 0 Å². The Kier molecular flexibility index (Phi) is 5.44. The van der Waals surface area contributed by atoms with E-state index in [1.54, 1.807) is 13.2 Å². The van der Waals surface area contributed by atoms with E-state index in [0.29, 0.717) is 18.2 Å². The molecule has 1 unspecified atom stereocenters. The molecule has 0 aliphatic carbocycles. The van der Waals surface area contributed by atoms with Crippen LogP contribution >= 0.6 is 0 Å². The maximum atomic E-state index is 9.13. The molecule has 1 aromatic heterocycles. The lowest BCUT2D eigenvalue weighted by Crippen LogP contribution is -2.29. The van der Waals surface area contributed by atoms with E-state index < -0.39 is 0 Å². The predicted octanol–water partition coefficient (Wildman–Crippen LogP) is -0.0902. The summed E-state index contributed by atoms with van der Waals surface area (Å²) in [6, 6.07) is 1.52. The first kappa shape index (κ1) is 13.5. The van der Waals surface area contributed by atoms with E-state index in [2.05, 4.69) is 20.6 Å².